The molecule has 1 unspecified atom stereocenters. The Labute approximate surface area is 166 Å². The molecule has 27 heavy (non-hydrogen) atoms. The highest BCUT2D eigenvalue weighted by Gasteiger charge is 2.37. The van der Waals surface area contributed by atoms with Gasteiger partial charge in [-0.3, -0.25) is 9.69 Å². The molecule has 1 fully saturated rings. The lowest BCUT2D eigenvalue weighted by Crippen LogP contribution is -2.29. The number of benzene rings is 1. The molecule has 1 amide bonds. The highest BCUT2D eigenvalue weighted by Crippen LogP contribution is 2.46. The van der Waals surface area contributed by atoms with Gasteiger partial charge in [-0.15, -0.1) is 11.8 Å². The van der Waals surface area contributed by atoms with Crippen LogP contribution in [0.15, 0.2) is 36.5 Å². The van der Waals surface area contributed by atoms with Crippen LogP contribution in [0.4, 0.5) is 5.82 Å². The average molecular weight is 385 g/mol. The Bertz CT molecular complexity index is 816. The van der Waals surface area contributed by atoms with Crippen molar-refractivity contribution in [3.05, 3.63) is 53.2 Å². The van der Waals surface area contributed by atoms with Crippen molar-refractivity contribution in [3.63, 3.8) is 0 Å². The number of phenolic OH excluding ortho intramolecular Hbond substituents is 1. The maximum absolute atomic E-state index is 12.6. The summed E-state index contributed by atoms with van der Waals surface area (Å²) >= 11 is 1.61. The predicted molar refractivity (Wildman–Crippen MR) is 112 cm³/mol. The van der Waals surface area contributed by atoms with Gasteiger partial charge in [0.2, 0.25) is 5.91 Å². The second-order valence-corrected chi connectivity index (χ2v) is 10.1. The van der Waals surface area contributed by atoms with Gasteiger partial charge in [-0.25, -0.2) is 4.98 Å². The zero-order chi connectivity index (χ0) is 20.0. The molecule has 0 saturated carbocycles. The van der Waals surface area contributed by atoms with Crippen LogP contribution in [0, 0.1) is 0 Å². The van der Waals surface area contributed by atoms with E-state index >= 15 is 0 Å². The fourth-order valence-electron chi connectivity index (χ4n) is 3.36. The SMILES string of the molecule is CC(C)(C)c1cc(C2SCC(=O)N2c2ccccn2)cc(C(C)(C)C)c1O. The Balaban J connectivity index is 2.17. The van der Waals surface area contributed by atoms with Crippen molar-refractivity contribution in [1.29, 1.82) is 0 Å². The van der Waals surface area contributed by atoms with E-state index in [1.807, 2.05) is 18.2 Å². The zero-order valence-electron chi connectivity index (χ0n) is 16.9. The first-order chi connectivity index (χ1) is 12.5. The lowest BCUT2D eigenvalue weighted by molar-refractivity contribution is -0.115. The van der Waals surface area contributed by atoms with Gasteiger partial charge in [0.1, 0.15) is 16.9 Å². The number of anilines is 1. The fourth-order valence-corrected chi connectivity index (χ4v) is 4.50. The number of thioether (sulfide) groups is 1. The quantitative estimate of drug-likeness (QED) is 0.777. The topological polar surface area (TPSA) is 53.4 Å². The van der Waals surface area contributed by atoms with Gasteiger partial charge in [0.05, 0.1) is 5.75 Å². The molecule has 2 aromatic rings. The van der Waals surface area contributed by atoms with E-state index in [1.165, 1.54) is 0 Å². The van der Waals surface area contributed by atoms with Crippen LogP contribution < -0.4 is 4.90 Å². The van der Waals surface area contributed by atoms with Crippen molar-refractivity contribution < 1.29 is 9.90 Å². The molecule has 4 nitrogen and oxygen atoms in total. The summed E-state index contributed by atoms with van der Waals surface area (Å²) in [6.07, 6.45) is 1.71. The smallest absolute Gasteiger partial charge is 0.239 e. The maximum Gasteiger partial charge on any atom is 0.239 e. The molecule has 1 atom stereocenters. The first-order valence-electron chi connectivity index (χ1n) is 9.22. The van der Waals surface area contributed by atoms with E-state index < -0.39 is 0 Å². The van der Waals surface area contributed by atoms with Crippen molar-refractivity contribution in [2.45, 2.75) is 57.7 Å². The molecule has 0 aliphatic carbocycles. The zero-order valence-corrected chi connectivity index (χ0v) is 17.7. The Morgan fingerprint density at radius 2 is 1.67 bits per heavy atom. The number of carbonyl (C=O) groups is 1. The molecular weight excluding hydrogens is 356 g/mol. The fraction of sp³-hybridized carbons (Fsp3) is 0.455. The van der Waals surface area contributed by atoms with Crippen molar-refractivity contribution in [3.8, 4) is 5.75 Å². The highest BCUT2D eigenvalue weighted by atomic mass is 32.2. The Hall–Kier alpha value is -2.01. The minimum Gasteiger partial charge on any atom is -0.507 e. The third-order valence-corrected chi connectivity index (χ3v) is 6.01. The first kappa shape index (κ1) is 19.7. The van der Waals surface area contributed by atoms with Gasteiger partial charge in [0.15, 0.2) is 0 Å². The third kappa shape index (κ3) is 3.84. The highest BCUT2D eigenvalue weighted by molar-refractivity contribution is 8.00. The number of carbonyl (C=O) groups excluding carboxylic acids is 1. The number of aromatic nitrogens is 1. The van der Waals surface area contributed by atoms with Crippen LogP contribution in [0.3, 0.4) is 0 Å². The van der Waals surface area contributed by atoms with Crippen molar-refractivity contribution >= 4 is 23.5 Å². The second kappa shape index (κ2) is 6.86. The number of phenols is 1. The molecule has 1 saturated heterocycles. The number of aromatic hydroxyl groups is 1. The molecule has 1 aromatic carbocycles. The summed E-state index contributed by atoms with van der Waals surface area (Å²) in [5, 5.41) is 10.8. The Morgan fingerprint density at radius 3 is 2.15 bits per heavy atom. The largest absolute Gasteiger partial charge is 0.507 e. The summed E-state index contributed by atoms with van der Waals surface area (Å²) in [6.45, 7) is 12.6. The Morgan fingerprint density at radius 1 is 1.07 bits per heavy atom. The van der Waals surface area contributed by atoms with Crippen molar-refractivity contribution in [2.75, 3.05) is 10.7 Å². The van der Waals surface area contributed by atoms with E-state index in [-0.39, 0.29) is 22.1 Å². The van der Waals surface area contributed by atoms with E-state index in [0.717, 1.165) is 16.7 Å². The van der Waals surface area contributed by atoms with Crippen LogP contribution in [-0.2, 0) is 15.6 Å². The van der Waals surface area contributed by atoms with Crippen molar-refractivity contribution in [2.24, 2.45) is 0 Å². The van der Waals surface area contributed by atoms with Crippen molar-refractivity contribution in [1.82, 2.24) is 4.98 Å². The van der Waals surface area contributed by atoms with E-state index in [4.69, 9.17) is 0 Å². The lowest BCUT2D eigenvalue weighted by atomic mass is 9.78. The van der Waals surface area contributed by atoms with E-state index in [9.17, 15) is 9.90 Å². The second-order valence-electron chi connectivity index (χ2n) is 9.08. The molecule has 1 aromatic heterocycles. The normalized spacial score (nSPS) is 18.2. The summed E-state index contributed by atoms with van der Waals surface area (Å²) in [6, 6.07) is 9.72. The molecular formula is C22H28N2O2S. The van der Waals surface area contributed by atoms with Gasteiger partial charge in [0, 0.05) is 6.20 Å². The minimum atomic E-state index is -0.205. The monoisotopic (exact) mass is 384 g/mol. The predicted octanol–water partition coefficient (Wildman–Crippen LogP) is 5.16. The van der Waals surface area contributed by atoms with Gasteiger partial charge in [-0.05, 0) is 51.8 Å². The number of hydrogen-bond acceptors (Lipinski definition) is 4. The summed E-state index contributed by atoms with van der Waals surface area (Å²) < 4.78 is 0. The van der Waals surface area contributed by atoms with Crippen LogP contribution in [0.1, 0.15) is 63.6 Å². The molecule has 1 aliphatic rings. The van der Waals surface area contributed by atoms with Crippen LogP contribution in [0.25, 0.3) is 0 Å². The summed E-state index contributed by atoms with van der Waals surface area (Å²) in [7, 11) is 0. The maximum atomic E-state index is 12.6. The van der Waals surface area contributed by atoms with E-state index in [0.29, 0.717) is 17.3 Å². The molecule has 2 heterocycles. The van der Waals surface area contributed by atoms with E-state index in [1.54, 1.807) is 22.9 Å². The number of pyridine rings is 1. The molecule has 0 radical (unpaired) electrons. The van der Waals surface area contributed by atoms with Crippen LogP contribution in [0.5, 0.6) is 5.75 Å². The summed E-state index contributed by atoms with van der Waals surface area (Å²) in [5.74, 6) is 1.52. The molecule has 3 rings (SSSR count). The van der Waals surface area contributed by atoms with Gasteiger partial charge < -0.3 is 5.11 Å². The molecule has 0 bridgehead atoms. The number of amides is 1. The van der Waals surface area contributed by atoms with Gasteiger partial charge in [0.25, 0.3) is 0 Å². The first-order valence-corrected chi connectivity index (χ1v) is 10.3. The molecule has 5 heteroatoms. The third-order valence-electron chi connectivity index (χ3n) is 4.80. The van der Waals surface area contributed by atoms with Gasteiger partial charge >= 0.3 is 0 Å². The molecule has 144 valence electrons. The summed E-state index contributed by atoms with van der Waals surface area (Å²) in [4.78, 5) is 18.8. The van der Waals surface area contributed by atoms with E-state index in [2.05, 4.69) is 58.7 Å². The number of rotatable bonds is 2. The molecule has 1 aliphatic heterocycles. The number of hydrogen-bond donors (Lipinski definition) is 1. The minimum absolute atomic E-state index is 0.0615. The molecule has 1 N–H and O–H groups in total. The Kier molecular flexibility index (Phi) is 5.02. The summed E-state index contributed by atoms with van der Waals surface area (Å²) in [5.41, 5.74) is 2.44. The van der Waals surface area contributed by atoms with Crippen LogP contribution >= 0.6 is 11.8 Å². The van der Waals surface area contributed by atoms with Crippen LogP contribution in [0.2, 0.25) is 0 Å². The standard InChI is InChI=1S/C22H28N2O2S/c1-21(2,3)15-11-14(12-16(19(15)26)22(4,5)6)20-24(18(25)13-27-20)17-9-7-8-10-23-17/h7-12,20,26H,13H2,1-6H3. The van der Waals surface area contributed by atoms with Gasteiger partial charge in [-0.1, -0.05) is 47.6 Å². The average Bonchev–Trinajstić information content (AvgIpc) is 2.95. The molecule has 0 spiro atoms. The lowest BCUT2D eigenvalue weighted by Gasteiger charge is -2.31. The van der Waals surface area contributed by atoms with Crippen LogP contribution in [-0.4, -0.2) is 21.8 Å². The number of nitrogens with zero attached hydrogens (tertiary/aromatic N) is 2. The van der Waals surface area contributed by atoms with Gasteiger partial charge in [-0.2, -0.15) is 0 Å².